The summed E-state index contributed by atoms with van der Waals surface area (Å²) in [5.74, 6) is 1.30. The summed E-state index contributed by atoms with van der Waals surface area (Å²) in [6.07, 6.45) is 5.38. The maximum atomic E-state index is 12.5. The van der Waals surface area contributed by atoms with Crippen LogP contribution in [-0.4, -0.2) is 54.5 Å². The molecular weight excluding hydrogens is 250 g/mol. The smallest absolute Gasteiger partial charge is 0.222 e. The van der Waals surface area contributed by atoms with Crippen molar-refractivity contribution in [2.24, 2.45) is 17.6 Å². The highest BCUT2D eigenvalue weighted by atomic mass is 16.2. The molecule has 0 aliphatic carbocycles. The monoisotopic (exact) mass is 281 g/mol. The lowest BCUT2D eigenvalue weighted by Gasteiger charge is -2.27. The molecule has 0 spiro atoms. The predicted molar refractivity (Wildman–Crippen MR) is 82.4 cm³/mol. The molecule has 0 bridgehead atoms. The molecule has 0 aromatic carbocycles. The molecule has 2 heterocycles. The van der Waals surface area contributed by atoms with Crippen LogP contribution in [0.25, 0.3) is 0 Å². The van der Waals surface area contributed by atoms with Crippen molar-refractivity contribution in [3.05, 3.63) is 0 Å². The number of nitrogens with zero attached hydrogens (tertiary/aromatic N) is 2. The van der Waals surface area contributed by atoms with Gasteiger partial charge in [-0.2, -0.15) is 0 Å². The van der Waals surface area contributed by atoms with E-state index < -0.39 is 0 Å². The van der Waals surface area contributed by atoms with Gasteiger partial charge in [-0.15, -0.1) is 0 Å². The highest BCUT2D eigenvalue weighted by Crippen LogP contribution is 2.23. The zero-order valence-electron chi connectivity index (χ0n) is 13.2. The van der Waals surface area contributed by atoms with Crippen LogP contribution in [0.5, 0.6) is 0 Å². The van der Waals surface area contributed by atoms with Gasteiger partial charge in [-0.05, 0) is 50.6 Å². The Morgan fingerprint density at radius 3 is 2.70 bits per heavy atom. The number of hydrogen-bond acceptors (Lipinski definition) is 3. The third-order valence-electron chi connectivity index (χ3n) is 4.76. The summed E-state index contributed by atoms with van der Waals surface area (Å²) < 4.78 is 0. The van der Waals surface area contributed by atoms with Gasteiger partial charge in [-0.3, -0.25) is 9.69 Å². The predicted octanol–water partition coefficient (Wildman–Crippen LogP) is 1.69. The molecular formula is C16H31N3O. The van der Waals surface area contributed by atoms with Gasteiger partial charge in [0, 0.05) is 32.1 Å². The van der Waals surface area contributed by atoms with Gasteiger partial charge < -0.3 is 10.6 Å². The van der Waals surface area contributed by atoms with E-state index in [2.05, 4.69) is 23.6 Å². The first-order chi connectivity index (χ1) is 9.60. The Hall–Kier alpha value is -0.610. The summed E-state index contributed by atoms with van der Waals surface area (Å²) in [6, 6.07) is 0.614. The second kappa shape index (κ2) is 7.41. The van der Waals surface area contributed by atoms with E-state index in [-0.39, 0.29) is 0 Å². The number of rotatable bonds is 5. The molecule has 2 saturated heterocycles. The summed E-state index contributed by atoms with van der Waals surface area (Å²) in [5.41, 5.74) is 5.84. The first kappa shape index (κ1) is 15.8. The van der Waals surface area contributed by atoms with Crippen molar-refractivity contribution >= 4 is 5.91 Å². The van der Waals surface area contributed by atoms with Crippen LogP contribution in [0.15, 0.2) is 0 Å². The molecule has 4 heteroatoms. The summed E-state index contributed by atoms with van der Waals surface area (Å²) in [5, 5.41) is 0. The van der Waals surface area contributed by atoms with Crippen LogP contribution in [0.2, 0.25) is 0 Å². The number of amides is 1. The van der Waals surface area contributed by atoms with Gasteiger partial charge in [-0.1, -0.05) is 13.8 Å². The lowest BCUT2D eigenvalue weighted by atomic mass is 9.93. The minimum atomic E-state index is 0.329. The minimum absolute atomic E-state index is 0.329. The number of carbonyl (C=O) groups is 1. The second-order valence-corrected chi connectivity index (χ2v) is 6.96. The maximum Gasteiger partial charge on any atom is 0.222 e. The number of fused-ring (bicyclic) bond motifs is 1. The molecule has 1 amide bonds. The van der Waals surface area contributed by atoms with Crippen LogP contribution in [-0.2, 0) is 4.79 Å². The van der Waals surface area contributed by atoms with Gasteiger partial charge >= 0.3 is 0 Å². The standard InChI is InChI=1S/C16H31N3O/c1-13(2)9-14(11-17)10-16(20)19-8-4-7-18-6-3-5-15(18)12-19/h13-15H,3-12,17H2,1-2H3/t14-,15?/m0/s1. The molecule has 116 valence electrons. The number of hydrogen-bond donors (Lipinski definition) is 1. The molecule has 2 rings (SSSR count). The highest BCUT2D eigenvalue weighted by Gasteiger charge is 2.30. The van der Waals surface area contributed by atoms with E-state index in [1.54, 1.807) is 0 Å². The lowest BCUT2D eigenvalue weighted by molar-refractivity contribution is -0.132. The Bertz CT molecular complexity index is 319. The summed E-state index contributed by atoms with van der Waals surface area (Å²) in [6.45, 7) is 9.31. The van der Waals surface area contributed by atoms with E-state index in [0.29, 0.717) is 36.8 Å². The van der Waals surface area contributed by atoms with E-state index in [0.717, 1.165) is 25.9 Å². The molecule has 0 radical (unpaired) electrons. The lowest BCUT2D eigenvalue weighted by Crippen LogP contribution is -2.40. The van der Waals surface area contributed by atoms with E-state index in [9.17, 15) is 4.79 Å². The molecule has 2 N–H and O–H groups in total. The van der Waals surface area contributed by atoms with Crippen LogP contribution >= 0.6 is 0 Å². The van der Waals surface area contributed by atoms with Crippen molar-refractivity contribution in [2.75, 3.05) is 32.7 Å². The van der Waals surface area contributed by atoms with Crippen molar-refractivity contribution in [3.63, 3.8) is 0 Å². The molecule has 0 aromatic heterocycles. The highest BCUT2D eigenvalue weighted by molar-refractivity contribution is 5.76. The normalized spacial score (nSPS) is 25.6. The molecule has 2 aliphatic heterocycles. The largest absolute Gasteiger partial charge is 0.341 e. The number of nitrogens with two attached hydrogens (primary N) is 1. The molecule has 0 saturated carbocycles. The van der Waals surface area contributed by atoms with Crippen molar-refractivity contribution in [2.45, 2.75) is 52.0 Å². The fourth-order valence-electron chi connectivity index (χ4n) is 3.74. The van der Waals surface area contributed by atoms with Gasteiger partial charge in [0.1, 0.15) is 0 Å². The SMILES string of the molecule is CC(C)C[C@H](CN)CC(=O)N1CCCN2CCCC2C1. The quantitative estimate of drug-likeness (QED) is 0.834. The first-order valence-electron chi connectivity index (χ1n) is 8.32. The Balaban J connectivity index is 1.87. The van der Waals surface area contributed by atoms with E-state index in [4.69, 9.17) is 5.73 Å². The van der Waals surface area contributed by atoms with E-state index in [1.807, 2.05) is 0 Å². The van der Waals surface area contributed by atoms with Crippen LogP contribution < -0.4 is 5.73 Å². The van der Waals surface area contributed by atoms with Crippen LogP contribution in [0.4, 0.5) is 0 Å². The Kier molecular flexibility index (Phi) is 5.85. The molecule has 2 aliphatic rings. The molecule has 0 aromatic rings. The van der Waals surface area contributed by atoms with Crippen molar-refractivity contribution in [1.29, 1.82) is 0 Å². The van der Waals surface area contributed by atoms with Crippen molar-refractivity contribution in [3.8, 4) is 0 Å². The van der Waals surface area contributed by atoms with Gasteiger partial charge in [0.25, 0.3) is 0 Å². The van der Waals surface area contributed by atoms with Crippen LogP contribution in [0.1, 0.15) is 46.0 Å². The minimum Gasteiger partial charge on any atom is -0.341 e. The Labute approximate surface area is 123 Å². The van der Waals surface area contributed by atoms with E-state index >= 15 is 0 Å². The average molecular weight is 281 g/mol. The zero-order valence-corrected chi connectivity index (χ0v) is 13.2. The van der Waals surface area contributed by atoms with Crippen LogP contribution in [0.3, 0.4) is 0 Å². The topological polar surface area (TPSA) is 49.6 Å². The summed E-state index contributed by atoms with van der Waals surface area (Å²) in [7, 11) is 0. The maximum absolute atomic E-state index is 12.5. The van der Waals surface area contributed by atoms with Crippen molar-refractivity contribution in [1.82, 2.24) is 9.80 Å². The molecule has 2 atom stereocenters. The Morgan fingerprint density at radius 1 is 1.25 bits per heavy atom. The second-order valence-electron chi connectivity index (χ2n) is 6.96. The zero-order chi connectivity index (χ0) is 14.5. The fourth-order valence-corrected chi connectivity index (χ4v) is 3.74. The van der Waals surface area contributed by atoms with Crippen LogP contribution in [0, 0.1) is 11.8 Å². The molecule has 20 heavy (non-hydrogen) atoms. The van der Waals surface area contributed by atoms with Gasteiger partial charge in [0.15, 0.2) is 0 Å². The first-order valence-corrected chi connectivity index (χ1v) is 8.32. The molecule has 4 nitrogen and oxygen atoms in total. The third kappa shape index (κ3) is 4.19. The van der Waals surface area contributed by atoms with Gasteiger partial charge in [0.2, 0.25) is 5.91 Å². The Morgan fingerprint density at radius 2 is 2.00 bits per heavy atom. The van der Waals surface area contributed by atoms with Gasteiger partial charge in [0.05, 0.1) is 0 Å². The summed E-state index contributed by atoms with van der Waals surface area (Å²) >= 11 is 0. The van der Waals surface area contributed by atoms with E-state index in [1.165, 1.54) is 25.9 Å². The van der Waals surface area contributed by atoms with Crippen molar-refractivity contribution < 1.29 is 4.79 Å². The average Bonchev–Trinajstić information content (AvgIpc) is 2.74. The molecule has 1 unspecified atom stereocenters. The van der Waals surface area contributed by atoms with Gasteiger partial charge in [-0.25, -0.2) is 0 Å². The summed E-state index contributed by atoms with van der Waals surface area (Å²) in [4.78, 5) is 17.2. The fraction of sp³-hybridized carbons (Fsp3) is 0.938. The third-order valence-corrected chi connectivity index (χ3v) is 4.76. The molecule has 2 fully saturated rings. The number of carbonyl (C=O) groups excluding carboxylic acids is 1.